The van der Waals surface area contributed by atoms with Gasteiger partial charge in [0, 0.05) is 0 Å². The number of halogens is 4. The van der Waals surface area contributed by atoms with Gasteiger partial charge in [0.1, 0.15) is 18.8 Å². The van der Waals surface area contributed by atoms with Crippen LogP contribution in [0.1, 0.15) is 0 Å². The molecule has 0 fully saturated rings. The second kappa shape index (κ2) is 13.8. The Morgan fingerprint density at radius 2 is 1.25 bits per heavy atom. The van der Waals surface area contributed by atoms with E-state index < -0.39 is 78.7 Å². The Kier molecular flexibility index (Phi) is 14.4. The van der Waals surface area contributed by atoms with Crippen LogP contribution in [0.15, 0.2) is 0 Å². The average molecular weight is 517 g/mol. The van der Waals surface area contributed by atoms with E-state index >= 15 is 0 Å². The molecule has 0 rings (SSSR count). The maximum Gasteiger partial charge on any atom is 0.333 e. The molecule has 2 unspecified atom stereocenters. The Morgan fingerprint density at radius 3 is 1.59 bits per heavy atom. The number of aliphatic hydroxyl groups is 4. The number of aliphatic hydroxyl groups excluding tert-OH is 4. The molecule has 0 aromatic heterocycles. The van der Waals surface area contributed by atoms with Crippen LogP contribution in [0, 0.1) is 0 Å². The zero-order valence-corrected chi connectivity index (χ0v) is 20.6. The van der Waals surface area contributed by atoms with Crippen molar-refractivity contribution in [2.45, 2.75) is 75.5 Å². The first-order chi connectivity index (χ1) is 14.2. The van der Waals surface area contributed by atoms with Crippen LogP contribution in [0.3, 0.4) is 0 Å². The molecule has 0 radical (unpaired) electrons. The molecule has 0 saturated carbocycles. The first-order valence-electron chi connectivity index (χ1n) is 9.22. The van der Waals surface area contributed by atoms with Crippen molar-refractivity contribution in [3.05, 3.63) is 0 Å². The Morgan fingerprint density at radius 1 is 0.812 bits per heavy atom. The van der Waals surface area contributed by atoms with Gasteiger partial charge in [-0.3, -0.25) is 18.7 Å². The van der Waals surface area contributed by atoms with Crippen molar-refractivity contribution in [1.29, 1.82) is 0 Å². The van der Waals surface area contributed by atoms with Crippen LogP contribution in [-0.2, 0) is 28.5 Å². The minimum atomic E-state index is -4.01. The van der Waals surface area contributed by atoms with Crippen LogP contribution < -0.4 is 0 Å². The largest absolute Gasteiger partial charge is 0.394 e. The Bertz CT molecular complexity index is 558. The number of carbonyl (C=O) groups excluding carboxylic acids is 2. The summed E-state index contributed by atoms with van der Waals surface area (Å²) < 4.78 is 61.1. The normalized spacial score (nSPS) is 16.9. The van der Waals surface area contributed by atoms with Crippen molar-refractivity contribution >= 4 is 29.2 Å². The summed E-state index contributed by atoms with van der Waals surface area (Å²) in [6.45, 7) is 9.00. The minimum Gasteiger partial charge on any atom is -0.394 e. The van der Waals surface area contributed by atoms with E-state index in [-0.39, 0.29) is 0 Å². The topological polar surface area (TPSA) is 152 Å². The summed E-state index contributed by atoms with van der Waals surface area (Å²) in [5, 5.41) is 34.8. The number of hydrogen-bond donors (Lipinski definition) is 4. The number of carbonyl (C=O) groups is 2. The van der Waals surface area contributed by atoms with Gasteiger partial charge in [-0.25, -0.2) is 9.78 Å². The number of aldehydes is 2. The quantitative estimate of drug-likeness (QED) is 0.0851. The second-order valence-corrected chi connectivity index (χ2v) is 17.3. The molecular weight excluding hydrogens is 484 g/mol. The highest BCUT2D eigenvalue weighted by atomic mass is 28.4. The zero-order valence-electron chi connectivity index (χ0n) is 18.6. The molecule has 0 aliphatic heterocycles. The third-order valence-corrected chi connectivity index (χ3v) is 4.15. The van der Waals surface area contributed by atoms with Crippen LogP contribution in [0.5, 0.6) is 0 Å². The smallest absolute Gasteiger partial charge is 0.333 e. The molecule has 0 aliphatic carbocycles. The lowest BCUT2D eigenvalue weighted by Crippen LogP contribution is -2.49. The third kappa shape index (κ3) is 14.3. The van der Waals surface area contributed by atoms with Crippen LogP contribution >= 0.6 is 0 Å². The fourth-order valence-corrected chi connectivity index (χ4v) is 2.26. The summed E-state index contributed by atoms with van der Waals surface area (Å²) in [5.74, 6) is -7.91. The highest BCUT2D eigenvalue weighted by Gasteiger charge is 2.47. The van der Waals surface area contributed by atoms with Crippen molar-refractivity contribution in [2.75, 3.05) is 13.2 Å². The fraction of sp³-hybridized carbons (Fsp3) is 0.875. The molecule has 32 heavy (non-hydrogen) atoms. The zero-order chi connectivity index (χ0) is 26.0. The molecule has 4 N–H and O–H groups in total. The molecule has 0 amide bonds. The molecule has 0 aromatic rings. The number of hydrogen-bond acceptors (Lipinski definition) is 10. The van der Waals surface area contributed by atoms with Crippen LogP contribution in [-0.4, -0.2) is 99.1 Å². The van der Waals surface area contributed by atoms with Crippen molar-refractivity contribution in [3.8, 4) is 0 Å². The van der Waals surface area contributed by atoms with Gasteiger partial charge in [0.25, 0.3) is 0 Å². The van der Waals surface area contributed by atoms with Gasteiger partial charge in [0.15, 0.2) is 24.8 Å². The maximum absolute atomic E-state index is 13.5. The summed E-state index contributed by atoms with van der Waals surface area (Å²) in [6.07, 6.45) is -9.87. The highest BCUT2D eigenvalue weighted by molar-refractivity contribution is 6.69. The van der Waals surface area contributed by atoms with Crippen molar-refractivity contribution < 1.29 is 66.5 Å². The van der Waals surface area contributed by atoms with E-state index in [0.717, 1.165) is 0 Å². The van der Waals surface area contributed by atoms with E-state index in [1.165, 1.54) is 0 Å². The highest BCUT2D eigenvalue weighted by Crippen LogP contribution is 2.24. The first-order valence-corrected chi connectivity index (χ1v) is 16.0. The molecule has 0 heterocycles. The predicted octanol–water partition coefficient (Wildman–Crippen LogP) is 0.651. The van der Waals surface area contributed by atoms with Crippen LogP contribution in [0.2, 0.25) is 39.3 Å². The summed E-state index contributed by atoms with van der Waals surface area (Å²) in [4.78, 5) is 29.4. The van der Waals surface area contributed by atoms with Crippen molar-refractivity contribution in [3.63, 3.8) is 0 Å². The molecule has 0 saturated heterocycles. The van der Waals surface area contributed by atoms with E-state index in [4.69, 9.17) is 29.4 Å². The molecule has 0 spiro atoms. The molecule has 192 valence electrons. The summed E-state index contributed by atoms with van der Waals surface area (Å²) in [5.41, 5.74) is 0. The monoisotopic (exact) mass is 516 g/mol. The molecule has 4 atom stereocenters. The Labute approximate surface area is 185 Å². The van der Waals surface area contributed by atoms with Gasteiger partial charge < -0.3 is 20.4 Å². The maximum atomic E-state index is 13.5. The average Bonchev–Trinajstić information content (AvgIpc) is 2.65. The van der Waals surface area contributed by atoms with Gasteiger partial charge in [-0.1, -0.05) is 0 Å². The van der Waals surface area contributed by atoms with Crippen LogP contribution in [0.4, 0.5) is 17.6 Å². The summed E-state index contributed by atoms with van der Waals surface area (Å²) in [6, 6.07) is 0. The SMILES string of the molecule is C[Si](C)(C)OOC[C@H](O)[C@@H](OO[Si](C)(C)C)C(F)(F)C=O.O=CC(F)(F)C(O)C(O)CO. The van der Waals surface area contributed by atoms with Gasteiger partial charge >= 0.3 is 11.8 Å². The van der Waals surface area contributed by atoms with Gasteiger partial charge in [0.05, 0.1) is 6.61 Å². The molecule has 16 heteroatoms. The summed E-state index contributed by atoms with van der Waals surface area (Å²) >= 11 is 0. The van der Waals surface area contributed by atoms with E-state index in [0.29, 0.717) is 0 Å². The lowest BCUT2D eigenvalue weighted by molar-refractivity contribution is -0.330. The number of rotatable bonds is 14. The first kappa shape index (κ1) is 33.3. The predicted molar refractivity (Wildman–Crippen MR) is 107 cm³/mol. The lowest BCUT2D eigenvalue weighted by Gasteiger charge is -2.29. The molecule has 0 aromatic carbocycles. The van der Waals surface area contributed by atoms with E-state index in [1.54, 1.807) is 19.6 Å². The standard InChI is InChI=1S/C11H24F2O6Si2.C5H8F2O4/c1-20(2,3)18-16-7-9(15)10(11(12,13)8-14)17-19-21(4,5)6;6-5(7,2-9)4(11)3(10)1-8/h8-10,15H,7H2,1-6H3;2-4,8,10-11H,1H2/t9-,10+;/m0./s1. The molecule has 0 bridgehead atoms. The molecular formula is C16H32F4O10Si2. The van der Waals surface area contributed by atoms with Gasteiger partial charge in [0.2, 0.25) is 16.6 Å². The van der Waals surface area contributed by atoms with Gasteiger partial charge in [-0.2, -0.15) is 17.6 Å². The third-order valence-electron chi connectivity index (χ3n) is 2.94. The minimum absolute atomic E-state index is 0.562. The molecule has 10 nitrogen and oxygen atoms in total. The van der Waals surface area contributed by atoms with E-state index in [9.17, 15) is 32.3 Å². The van der Waals surface area contributed by atoms with Gasteiger partial charge in [-0.05, 0) is 39.3 Å². The Balaban J connectivity index is 0. The second-order valence-electron chi connectivity index (χ2n) is 8.54. The molecule has 0 aliphatic rings. The van der Waals surface area contributed by atoms with E-state index in [1.807, 2.05) is 19.6 Å². The van der Waals surface area contributed by atoms with Crippen LogP contribution in [0.25, 0.3) is 0 Å². The Hall–Kier alpha value is -0.826. The number of alkyl halides is 4. The van der Waals surface area contributed by atoms with Crippen molar-refractivity contribution in [1.82, 2.24) is 0 Å². The lowest BCUT2D eigenvalue weighted by atomic mass is 10.1. The van der Waals surface area contributed by atoms with E-state index in [2.05, 4.69) is 4.89 Å². The van der Waals surface area contributed by atoms with Gasteiger partial charge in [-0.15, -0.1) is 0 Å². The fourth-order valence-electron chi connectivity index (χ4n) is 1.44. The summed E-state index contributed by atoms with van der Waals surface area (Å²) in [7, 11) is -4.28. The van der Waals surface area contributed by atoms with Crippen molar-refractivity contribution in [2.24, 2.45) is 0 Å².